The van der Waals surface area contributed by atoms with Gasteiger partial charge in [0.25, 0.3) is 10.1 Å². The van der Waals surface area contributed by atoms with Crippen molar-refractivity contribution in [2.24, 2.45) is 0 Å². The van der Waals surface area contributed by atoms with E-state index >= 15 is 0 Å². The van der Waals surface area contributed by atoms with Crippen LogP contribution in [-0.4, -0.2) is 56.9 Å². The number of fused-ring (bicyclic) bond motifs is 3. The molecule has 3 aromatic rings. The number of carboxylic acid groups (broad SMARTS) is 1. The quantitative estimate of drug-likeness (QED) is 0.355. The van der Waals surface area contributed by atoms with Gasteiger partial charge in [0.15, 0.2) is 6.54 Å². The molecule has 0 atom stereocenters. The number of hydrogen-bond donors (Lipinski definition) is 1. The summed E-state index contributed by atoms with van der Waals surface area (Å²) in [5.41, 5.74) is 1.14. The molecule has 29 heavy (non-hydrogen) atoms. The summed E-state index contributed by atoms with van der Waals surface area (Å²) in [4.78, 5) is 9.89. The van der Waals surface area contributed by atoms with E-state index in [4.69, 9.17) is 4.55 Å². The molecule has 3 rings (SSSR count). The summed E-state index contributed by atoms with van der Waals surface area (Å²) in [6, 6.07) is 12.4. The lowest BCUT2D eigenvalue weighted by atomic mass is 10.1. The highest BCUT2D eigenvalue weighted by atomic mass is 32.2. The number of quaternary nitrogens is 1. The molecule has 0 saturated heterocycles. The Hall–Kier alpha value is -2.07. The van der Waals surface area contributed by atoms with Gasteiger partial charge in [-0.05, 0) is 17.5 Å². The minimum atomic E-state index is -3.90. The molecule has 9 heteroatoms. The van der Waals surface area contributed by atoms with Gasteiger partial charge in [0, 0.05) is 13.3 Å². The van der Waals surface area contributed by atoms with E-state index < -0.39 is 16.1 Å². The maximum absolute atomic E-state index is 10.9. The average molecular weight is 440 g/mol. The molecule has 0 spiro atoms. The third-order valence-electron chi connectivity index (χ3n) is 4.16. The van der Waals surface area contributed by atoms with Crippen LogP contribution in [0.3, 0.4) is 0 Å². The number of benzene rings is 2. The van der Waals surface area contributed by atoms with Gasteiger partial charge in [0.05, 0.1) is 38.3 Å². The summed E-state index contributed by atoms with van der Waals surface area (Å²) in [7, 11) is 1.51. The molecule has 0 aliphatic carbocycles. The molecular weight excluding hydrogens is 412 g/mol. The van der Waals surface area contributed by atoms with Gasteiger partial charge in [-0.25, -0.2) is 0 Å². The van der Waals surface area contributed by atoms with Crippen molar-refractivity contribution in [1.29, 1.82) is 0 Å². The highest BCUT2D eigenvalue weighted by Gasteiger charge is 2.20. The zero-order chi connectivity index (χ0) is 21.8. The molecule has 0 aliphatic rings. The van der Waals surface area contributed by atoms with Gasteiger partial charge in [0.1, 0.15) is 11.2 Å². The summed E-state index contributed by atoms with van der Waals surface area (Å²) in [5, 5.41) is 13.4. The number of hydrogen-bond acceptors (Lipinski definition) is 5. The molecule has 1 heterocycles. The molecule has 0 aliphatic heterocycles. The Bertz CT molecular complexity index is 1120. The zero-order valence-corrected chi connectivity index (χ0v) is 18.7. The van der Waals surface area contributed by atoms with Crippen LogP contribution in [0, 0.1) is 6.92 Å². The van der Waals surface area contributed by atoms with Gasteiger partial charge in [-0.3, -0.25) is 4.55 Å². The van der Waals surface area contributed by atoms with Gasteiger partial charge in [-0.15, -0.1) is 0 Å². The van der Waals surface area contributed by atoms with Crippen LogP contribution in [0.5, 0.6) is 0 Å². The molecule has 0 fully saturated rings. The second-order valence-corrected chi connectivity index (χ2v) is 10.7. The van der Waals surface area contributed by atoms with Crippen LogP contribution >= 0.6 is 11.3 Å². The third kappa shape index (κ3) is 7.04. The van der Waals surface area contributed by atoms with E-state index in [2.05, 4.69) is 28.8 Å². The number of likely N-dealkylation sites (N-methyl/N-ethyl adjacent to an activating group) is 1. The van der Waals surface area contributed by atoms with Crippen molar-refractivity contribution in [3.8, 4) is 0 Å². The number of rotatable bonds is 6. The monoisotopic (exact) mass is 439 g/mol. The van der Waals surface area contributed by atoms with Crippen LogP contribution < -0.4 is 9.67 Å². The second kappa shape index (κ2) is 9.17. The van der Waals surface area contributed by atoms with E-state index in [-0.39, 0.29) is 12.3 Å². The van der Waals surface area contributed by atoms with Crippen molar-refractivity contribution < 1.29 is 31.9 Å². The highest BCUT2D eigenvalue weighted by Crippen LogP contribution is 2.27. The fourth-order valence-corrected chi connectivity index (χ4v) is 4.59. The number of aromatic nitrogens is 1. The first kappa shape index (κ1) is 23.2. The van der Waals surface area contributed by atoms with E-state index in [0.29, 0.717) is 17.4 Å². The molecular formula is C20H27N2O5S2+. The first-order chi connectivity index (χ1) is 13.4. The van der Waals surface area contributed by atoms with Crippen LogP contribution in [-0.2, 0) is 21.5 Å². The van der Waals surface area contributed by atoms with E-state index in [1.54, 1.807) is 32.5 Å². The van der Waals surface area contributed by atoms with Gasteiger partial charge in [-0.1, -0.05) is 35.6 Å². The van der Waals surface area contributed by atoms with Crippen LogP contribution in [0.1, 0.15) is 11.4 Å². The Kier molecular flexibility index (Phi) is 7.34. The third-order valence-corrected chi connectivity index (χ3v) is 6.03. The van der Waals surface area contributed by atoms with E-state index in [1.165, 1.54) is 15.5 Å². The first-order valence-electron chi connectivity index (χ1n) is 9.13. The molecule has 0 bridgehead atoms. The molecule has 0 radical (unpaired) electrons. The minimum absolute atomic E-state index is 0.0694. The maximum atomic E-state index is 10.9. The number of nitrogens with zero attached hydrogens (tertiary/aromatic N) is 2. The van der Waals surface area contributed by atoms with Crippen molar-refractivity contribution in [1.82, 2.24) is 0 Å². The molecule has 158 valence electrons. The zero-order valence-electron chi connectivity index (χ0n) is 17.1. The molecule has 0 unspecified atom stereocenters. The largest absolute Gasteiger partial charge is 0.544 e. The normalized spacial score (nSPS) is 12.0. The fraction of sp³-hybridized carbons (Fsp3) is 0.400. The highest BCUT2D eigenvalue weighted by molar-refractivity contribution is 7.85. The van der Waals surface area contributed by atoms with E-state index in [0.717, 1.165) is 10.5 Å². The van der Waals surface area contributed by atoms with Crippen LogP contribution in [0.4, 0.5) is 0 Å². The van der Waals surface area contributed by atoms with Crippen molar-refractivity contribution in [2.45, 2.75) is 19.9 Å². The van der Waals surface area contributed by atoms with Crippen LogP contribution in [0.25, 0.3) is 21.0 Å². The Morgan fingerprint density at radius 1 is 1.17 bits per heavy atom. The Balaban J connectivity index is 0.000000321. The summed E-state index contributed by atoms with van der Waals surface area (Å²) in [6.45, 7) is 2.69. The number of thiazole rings is 1. The minimum Gasteiger partial charge on any atom is -0.544 e. The topological polar surface area (TPSA) is 98.4 Å². The summed E-state index contributed by atoms with van der Waals surface area (Å²) >= 11 is 1.70. The molecule has 2 aromatic carbocycles. The number of carbonyl (C=O) groups is 1. The van der Waals surface area contributed by atoms with Crippen molar-refractivity contribution in [3.05, 3.63) is 41.4 Å². The summed E-state index contributed by atoms with van der Waals surface area (Å²) in [6.07, 6.45) is 0.402. The Labute approximate surface area is 175 Å². The molecule has 1 aromatic heterocycles. The predicted octanol–water partition coefficient (Wildman–Crippen LogP) is 1.37. The standard InChI is InChI=1S/C15H15NO3S2.C5H11NO2/c1-11-16(9-4-10-21(17,18)19)15-13-6-3-2-5-12(13)7-8-14(15)20-11;1-6(2,3)4-5(7)8/h2-3,5-8H,4,9-10H2,1H3;4H2,1-3H3/p+1. The van der Waals surface area contributed by atoms with Crippen molar-refractivity contribution in [2.75, 3.05) is 33.4 Å². The number of carboxylic acids is 1. The molecule has 1 N–H and O–H groups in total. The Morgan fingerprint density at radius 2 is 1.83 bits per heavy atom. The fourth-order valence-electron chi connectivity index (χ4n) is 3.03. The number of carbonyl (C=O) groups excluding carboxylic acids is 1. The number of aliphatic carboxylic acids is 1. The second-order valence-electron chi connectivity index (χ2n) is 7.87. The van der Waals surface area contributed by atoms with Gasteiger partial charge < -0.3 is 14.4 Å². The van der Waals surface area contributed by atoms with E-state index in [1.807, 2.05) is 19.1 Å². The smallest absolute Gasteiger partial charge is 0.265 e. The molecule has 7 nitrogen and oxygen atoms in total. The lowest BCUT2D eigenvalue weighted by Crippen LogP contribution is -2.45. The van der Waals surface area contributed by atoms with Crippen LogP contribution in [0.2, 0.25) is 0 Å². The summed E-state index contributed by atoms with van der Waals surface area (Å²) in [5.74, 6) is -1.21. The average Bonchev–Trinajstić information content (AvgIpc) is 2.88. The lowest BCUT2D eigenvalue weighted by molar-refractivity contribution is -0.864. The maximum Gasteiger partial charge on any atom is 0.265 e. The van der Waals surface area contributed by atoms with Gasteiger partial charge >= 0.3 is 0 Å². The van der Waals surface area contributed by atoms with Crippen LogP contribution in [0.15, 0.2) is 36.4 Å². The molecule has 0 saturated carbocycles. The van der Waals surface area contributed by atoms with Crippen molar-refractivity contribution in [3.63, 3.8) is 0 Å². The SMILES string of the molecule is C[N+](C)(C)CC(=O)[O-].Cc1sc2ccc3ccccc3c2[n+]1CCCS(=O)(=O)O. The Morgan fingerprint density at radius 3 is 2.38 bits per heavy atom. The molecule has 0 amide bonds. The number of aryl methyl sites for hydroxylation is 2. The van der Waals surface area contributed by atoms with Crippen molar-refractivity contribution >= 4 is 48.4 Å². The van der Waals surface area contributed by atoms with Gasteiger partial charge in [-0.2, -0.15) is 13.0 Å². The lowest BCUT2D eigenvalue weighted by Gasteiger charge is -2.23. The van der Waals surface area contributed by atoms with Gasteiger partial charge in [0.2, 0.25) is 10.5 Å². The van der Waals surface area contributed by atoms with E-state index in [9.17, 15) is 18.3 Å². The predicted molar refractivity (Wildman–Crippen MR) is 113 cm³/mol. The summed E-state index contributed by atoms with van der Waals surface area (Å²) < 4.78 is 34.4. The first-order valence-corrected chi connectivity index (χ1v) is 11.6.